The second kappa shape index (κ2) is 5.56. The van der Waals surface area contributed by atoms with Crippen LogP contribution in [0.15, 0.2) is 24.3 Å². The number of rotatable bonds is 5. The minimum atomic E-state index is -0.252. The van der Waals surface area contributed by atoms with E-state index >= 15 is 0 Å². The normalized spacial score (nSPS) is 11.9. The lowest BCUT2D eigenvalue weighted by atomic mass is 10.3. The minimum Gasteiger partial charge on any atom is -0.494 e. The Balaban J connectivity index is 2.60. The predicted octanol–water partition coefficient (Wildman–Crippen LogP) is 2.14. The number of benzene rings is 1. The summed E-state index contributed by atoms with van der Waals surface area (Å²) in [6.45, 7) is 4.42. The molecule has 0 aliphatic heterocycles. The van der Waals surface area contributed by atoms with E-state index in [-0.39, 0.29) is 6.10 Å². The Kier molecular flexibility index (Phi) is 4.37. The van der Waals surface area contributed by atoms with Crippen molar-refractivity contribution < 1.29 is 9.47 Å². The van der Waals surface area contributed by atoms with E-state index in [0.29, 0.717) is 11.6 Å². The molecule has 1 unspecified atom stereocenters. The zero-order chi connectivity index (χ0) is 11.3. The quantitative estimate of drug-likeness (QED) is 0.780. The Bertz CT molecular complexity index is 324. The van der Waals surface area contributed by atoms with Crippen LogP contribution in [-0.4, -0.2) is 17.7 Å². The molecule has 0 heterocycles. The van der Waals surface area contributed by atoms with Crippen LogP contribution in [0.5, 0.6) is 11.5 Å². The van der Waals surface area contributed by atoms with Crippen molar-refractivity contribution in [3.05, 3.63) is 24.3 Å². The van der Waals surface area contributed by atoms with Crippen molar-refractivity contribution in [3.63, 3.8) is 0 Å². The van der Waals surface area contributed by atoms with E-state index < -0.39 is 0 Å². The van der Waals surface area contributed by atoms with Crippen LogP contribution in [0.3, 0.4) is 0 Å². The molecule has 0 radical (unpaired) electrons. The van der Waals surface area contributed by atoms with Crippen LogP contribution < -0.4 is 15.2 Å². The van der Waals surface area contributed by atoms with Gasteiger partial charge in [0.1, 0.15) is 22.6 Å². The zero-order valence-electron chi connectivity index (χ0n) is 8.90. The van der Waals surface area contributed by atoms with E-state index in [9.17, 15) is 0 Å². The Labute approximate surface area is 95.2 Å². The Hall–Kier alpha value is -1.29. The SMILES string of the molecule is CCOc1ccc(OC(C)C(N)=S)cc1. The molecule has 3 nitrogen and oxygen atoms in total. The first-order valence-electron chi connectivity index (χ1n) is 4.82. The summed E-state index contributed by atoms with van der Waals surface area (Å²) in [4.78, 5) is 0.351. The van der Waals surface area contributed by atoms with Crippen LogP contribution in [0.4, 0.5) is 0 Å². The number of ether oxygens (including phenoxy) is 2. The summed E-state index contributed by atoms with van der Waals surface area (Å²) in [5.41, 5.74) is 5.44. The molecule has 1 rings (SSSR count). The third-order valence-electron chi connectivity index (χ3n) is 1.85. The molecule has 0 bridgehead atoms. The topological polar surface area (TPSA) is 44.5 Å². The lowest BCUT2D eigenvalue weighted by Gasteiger charge is -2.13. The maximum atomic E-state index is 5.49. The van der Waals surface area contributed by atoms with E-state index in [0.717, 1.165) is 11.5 Å². The van der Waals surface area contributed by atoms with Gasteiger partial charge in [0.15, 0.2) is 0 Å². The lowest BCUT2D eigenvalue weighted by Crippen LogP contribution is -2.28. The highest BCUT2D eigenvalue weighted by Gasteiger charge is 2.06. The largest absolute Gasteiger partial charge is 0.494 e. The number of thiocarbonyl (C=S) groups is 1. The highest BCUT2D eigenvalue weighted by Crippen LogP contribution is 2.18. The first kappa shape index (κ1) is 11.8. The van der Waals surface area contributed by atoms with E-state index in [1.54, 1.807) is 0 Å². The van der Waals surface area contributed by atoms with Gasteiger partial charge in [0.2, 0.25) is 0 Å². The van der Waals surface area contributed by atoms with Crippen LogP contribution in [-0.2, 0) is 0 Å². The summed E-state index contributed by atoms with van der Waals surface area (Å²) < 4.78 is 10.8. The van der Waals surface area contributed by atoms with Gasteiger partial charge in [0.25, 0.3) is 0 Å². The minimum absolute atomic E-state index is 0.252. The fraction of sp³-hybridized carbons (Fsp3) is 0.364. The molecule has 4 heteroatoms. The van der Waals surface area contributed by atoms with Crippen LogP contribution in [0.1, 0.15) is 13.8 Å². The second-order valence-electron chi connectivity index (χ2n) is 3.07. The standard InChI is InChI=1S/C11H15NO2S/c1-3-13-9-4-6-10(7-5-9)14-8(2)11(12)15/h4-8H,3H2,1-2H3,(H2,12,15). The molecule has 82 valence electrons. The molecule has 15 heavy (non-hydrogen) atoms. The Morgan fingerprint density at radius 2 is 1.87 bits per heavy atom. The van der Waals surface area contributed by atoms with Gasteiger partial charge >= 0.3 is 0 Å². The number of hydrogen-bond acceptors (Lipinski definition) is 3. The summed E-state index contributed by atoms with van der Waals surface area (Å²) in [6.07, 6.45) is -0.252. The highest BCUT2D eigenvalue weighted by molar-refractivity contribution is 7.80. The molecule has 0 spiro atoms. The predicted molar refractivity (Wildman–Crippen MR) is 64.5 cm³/mol. The monoisotopic (exact) mass is 225 g/mol. The number of hydrogen-bond donors (Lipinski definition) is 1. The van der Waals surface area contributed by atoms with Crippen LogP contribution >= 0.6 is 12.2 Å². The summed E-state index contributed by atoms with van der Waals surface area (Å²) in [6, 6.07) is 7.37. The first-order valence-corrected chi connectivity index (χ1v) is 5.23. The summed E-state index contributed by atoms with van der Waals surface area (Å²) in [5, 5.41) is 0. The average molecular weight is 225 g/mol. The maximum Gasteiger partial charge on any atom is 0.145 e. The zero-order valence-corrected chi connectivity index (χ0v) is 9.71. The number of nitrogens with two attached hydrogens (primary N) is 1. The second-order valence-corrected chi connectivity index (χ2v) is 3.54. The van der Waals surface area contributed by atoms with E-state index in [2.05, 4.69) is 0 Å². The van der Waals surface area contributed by atoms with Crippen molar-refractivity contribution in [2.75, 3.05) is 6.61 Å². The van der Waals surface area contributed by atoms with Gasteiger partial charge in [-0.25, -0.2) is 0 Å². The molecule has 0 aromatic heterocycles. The van der Waals surface area contributed by atoms with Crippen molar-refractivity contribution in [1.29, 1.82) is 0 Å². The van der Waals surface area contributed by atoms with Gasteiger partial charge in [-0.3, -0.25) is 0 Å². The fourth-order valence-corrected chi connectivity index (χ4v) is 1.09. The Morgan fingerprint density at radius 1 is 1.33 bits per heavy atom. The smallest absolute Gasteiger partial charge is 0.145 e. The molecule has 0 amide bonds. The van der Waals surface area contributed by atoms with Gasteiger partial charge in [-0.05, 0) is 38.1 Å². The van der Waals surface area contributed by atoms with Crippen molar-refractivity contribution >= 4 is 17.2 Å². The lowest BCUT2D eigenvalue weighted by molar-refractivity contribution is 0.287. The van der Waals surface area contributed by atoms with Crippen molar-refractivity contribution in [1.82, 2.24) is 0 Å². The molecule has 0 saturated heterocycles. The van der Waals surface area contributed by atoms with Gasteiger partial charge in [-0.1, -0.05) is 12.2 Å². The molecule has 0 saturated carbocycles. The van der Waals surface area contributed by atoms with Gasteiger partial charge in [-0.15, -0.1) is 0 Å². The molecular formula is C11H15NO2S. The first-order chi connectivity index (χ1) is 7.13. The molecule has 2 N–H and O–H groups in total. The van der Waals surface area contributed by atoms with E-state index in [1.165, 1.54) is 0 Å². The molecule has 0 aliphatic carbocycles. The third-order valence-corrected chi connectivity index (χ3v) is 2.18. The maximum absolute atomic E-state index is 5.49. The van der Waals surface area contributed by atoms with Gasteiger partial charge in [0, 0.05) is 0 Å². The van der Waals surface area contributed by atoms with Crippen molar-refractivity contribution in [3.8, 4) is 11.5 Å². The average Bonchev–Trinajstić information content (AvgIpc) is 2.21. The molecule has 0 aliphatic rings. The van der Waals surface area contributed by atoms with E-state index in [1.807, 2.05) is 38.1 Å². The molecular weight excluding hydrogens is 210 g/mol. The van der Waals surface area contributed by atoms with Gasteiger partial charge in [-0.2, -0.15) is 0 Å². The van der Waals surface area contributed by atoms with Gasteiger partial charge < -0.3 is 15.2 Å². The van der Waals surface area contributed by atoms with Crippen LogP contribution in [0.25, 0.3) is 0 Å². The van der Waals surface area contributed by atoms with Crippen LogP contribution in [0.2, 0.25) is 0 Å². The highest BCUT2D eigenvalue weighted by atomic mass is 32.1. The summed E-state index contributed by atoms with van der Waals surface area (Å²) in [7, 11) is 0. The molecule has 1 aromatic carbocycles. The van der Waals surface area contributed by atoms with Crippen LogP contribution in [0, 0.1) is 0 Å². The fourth-order valence-electron chi connectivity index (χ4n) is 1.04. The molecule has 1 aromatic rings. The summed E-state index contributed by atoms with van der Waals surface area (Å²) >= 11 is 4.81. The van der Waals surface area contributed by atoms with Gasteiger partial charge in [0.05, 0.1) is 6.61 Å². The van der Waals surface area contributed by atoms with Crippen molar-refractivity contribution in [2.24, 2.45) is 5.73 Å². The Morgan fingerprint density at radius 3 is 2.33 bits per heavy atom. The van der Waals surface area contributed by atoms with Crippen molar-refractivity contribution in [2.45, 2.75) is 20.0 Å². The third kappa shape index (κ3) is 3.75. The summed E-state index contributed by atoms with van der Waals surface area (Å²) in [5.74, 6) is 1.56. The molecule has 0 fully saturated rings. The molecule has 1 atom stereocenters. The van der Waals surface area contributed by atoms with E-state index in [4.69, 9.17) is 27.4 Å².